The molecule has 0 aliphatic carbocycles. The number of hydrogen-bond acceptors (Lipinski definition) is 5. The molecule has 5 nitrogen and oxygen atoms in total. The van der Waals surface area contributed by atoms with Crippen molar-refractivity contribution in [3.05, 3.63) is 76.2 Å². The molecule has 1 N–H and O–H groups in total. The zero-order chi connectivity index (χ0) is 18.8. The summed E-state index contributed by atoms with van der Waals surface area (Å²) in [7, 11) is 0. The Kier molecular flexibility index (Phi) is 4.68. The van der Waals surface area contributed by atoms with Gasteiger partial charge in [-0.1, -0.05) is 35.6 Å². The molecule has 0 aliphatic rings. The van der Waals surface area contributed by atoms with Crippen LogP contribution in [0.5, 0.6) is 0 Å². The Labute approximate surface area is 158 Å². The summed E-state index contributed by atoms with van der Waals surface area (Å²) >= 11 is 1.31. The van der Waals surface area contributed by atoms with Gasteiger partial charge in [0, 0.05) is 17.4 Å². The van der Waals surface area contributed by atoms with E-state index in [1.54, 1.807) is 18.4 Å². The van der Waals surface area contributed by atoms with Gasteiger partial charge in [0.25, 0.3) is 0 Å². The number of benzene rings is 2. The van der Waals surface area contributed by atoms with Crippen molar-refractivity contribution in [1.29, 1.82) is 0 Å². The van der Waals surface area contributed by atoms with Crippen molar-refractivity contribution >= 4 is 33.3 Å². The van der Waals surface area contributed by atoms with E-state index in [2.05, 4.69) is 15.5 Å². The van der Waals surface area contributed by atoms with Crippen molar-refractivity contribution in [2.24, 2.45) is 0 Å². The minimum Gasteiger partial charge on any atom is -0.464 e. The third kappa shape index (κ3) is 4.03. The summed E-state index contributed by atoms with van der Waals surface area (Å²) in [4.78, 5) is 12.3. The number of rotatable bonds is 5. The van der Waals surface area contributed by atoms with Gasteiger partial charge in [-0.2, -0.15) is 0 Å². The van der Waals surface area contributed by atoms with Crippen LogP contribution in [0.2, 0.25) is 0 Å². The summed E-state index contributed by atoms with van der Waals surface area (Å²) in [6.07, 6.45) is 2.35. The van der Waals surface area contributed by atoms with Gasteiger partial charge in [0.2, 0.25) is 11.0 Å². The second-order valence-electron chi connectivity index (χ2n) is 6.29. The van der Waals surface area contributed by atoms with Crippen molar-refractivity contribution in [2.45, 2.75) is 19.8 Å². The summed E-state index contributed by atoms with van der Waals surface area (Å²) in [5, 5.41) is 13.0. The van der Waals surface area contributed by atoms with E-state index in [9.17, 15) is 9.18 Å². The Bertz CT molecular complexity index is 1100. The van der Waals surface area contributed by atoms with E-state index in [4.69, 9.17) is 4.42 Å². The Morgan fingerprint density at radius 1 is 1.19 bits per heavy atom. The van der Waals surface area contributed by atoms with Crippen LogP contribution in [-0.2, 0) is 17.6 Å². The van der Waals surface area contributed by atoms with E-state index in [0.29, 0.717) is 11.6 Å². The normalized spacial score (nSPS) is 11.0. The van der Waals surface area contributed by atoms with E-state index in [0.717, 1.165) is 32.7 Å². The van der Waals surface area contributed by atoms with Gasteiger partial charge in [-0.3, -0.25) is 4.79 Å². The van der Waals surface area contributed by atoms with Gasteiger partial charge in [0.05, 0.1) is 12.7 Å². The second-order valence-corrected chi connectivity index (χ2v) is 7.35. The third-order valence-corrected chi connectivity index (χ3v) is 4.98. The van der Waals surface area contributed by atoms with Crippen molar-refractivity contribution in [1.82, 2.24) is 10.2 Å². The molecule has 2 aromatic carbocycles. The van der Waals surface area contributed by atoms with Gasteiger partial charge in [-0.05, 0) is 36.2 Å². The van der Waals surface area contributed by atoms with E-state index >= 15 is 0 Å². The first kappa shape index (κ1) is 17.4. The lowest BCUT2D eigenvalue weighted by molar-refractivity contribution is -0.115. The standard InChI is InChI=1S/C20H16FN3O2S/c1-12-2-7-16-14(11-26-17(16)8-12)10-18(25)22-20-24-23-19(27-20)9-13-3-5-15(21)6-4-13/h2-8,11H,9-10H2,1H3,(H,22,24,25). The Morgan fingerprint density at radius 3 is 2.81 bits per heavy atom. The highest BCUT2D eigenvalue weighted by atomic mass is 32.1. The maximum Gasteiger partial charge on any atom is 0.230 e. The minimum atomic E-state index is -0.272. The number of fused-ring (bicyclic) bond motifs is 1. The number of halogens is 1. The molecule has 0 aliphatic heterocycles. The lowest BCUT2D eigenvalue weighted by Crippen LogP contribution is -2.13. The first-order chi connectivity index (χ1) is 13.1. The smallest absolute Gasteiger partial charge is 0.230 e. The number of carbonyl (C=O) groups excluding carboxylic acids is 1. The molecular weight excluding hydrogens is 365 g/mol. The fourth-order valence-corrected chi connectivity index (χ4v) is 3.61. The summed E-state index contributed by atoms with van der Waals surface area (Å²) in [6, 6.07) is 12.1. The third-order valence-electron chi connectivity index (χ3n) is 4.14. The lowest BCUT2D eigenvalue weighted by atomic mass is 10.1. The zero-order valence-corrected chi connectivity index (χ0v) is 15.3. The van der Waals surface area contributed by atoms with Crippen molar-refractivity contribution in [2.75, 3.05) is 5.32 Å². The Morgan fingerprint density at radius 2 is 2.00 bits per heavy atom. The van der Waals surface area contributed by atoms with Crippen LogP contribution in [0, 0.1) is 12.7 Å². The number of furan rings is 1. The van der Waals surface area contributed by atoms with Gasteiger partial charge < -0.3 is 9.73 Å². The molecule has 0 atom stereocenters. The monoisotopic (exact) mass is 381 g/mol. The molecule has 0 radical (unpaired) electrons. The number of aryl methyl sites for hydroxylation is 1. The average Bonchev–Trinajstić information content (AvgIpc) is 3.24. The number of anilines is 1. The Balaban J connectivity index is 1.41. The fourth-order valence-electron chi connectivity index (χ4n) is 2.82. The summed E-state index contributed by atoms with van der Waals surface area (Å²) < 4.78 is 18.5. The van der Waals surface area contributed by atoms with Gasteiger partial charge in [-0.15, -0.1) is 10.2 Å². The molecule has 1 amide bonds. The Hall–Kier alpha value is -3.06. The first-order valence-corrected chi connectivity index (χ1v) is 9.22. The molecule has 4 aromatic rings. The van der Waals surface area contributed by atoms with Crippen LogP contribution < -0.4 is 5.32 Å². The van der Waals surface area contributed by atoms with Gasteiger partial charge in [0.1, 0.15) is 16.4 Å². The maximum absolute atomic E-state index is 13.0. The van der Waals surface area contributed by atoms with Crippen LogP contribution in [0.25, 0.3) is 11.0 Å². The molecule has 0 unspecified atom stereocenters. The molecule has 0 spiro atoms. The largest absolute Gasteiger partial charge is 0.464 e. The second kappa shape index (κ2) is 7.28. The van der Waals surface area contributed by atoms with Crippen LogP contribution >= 0.6 is 11.3 Å². The van der Waals surface area contributed by atoms with E-state index in [1.807, 2.05) is 25.1 Å². The summed E-state index contributed by atoms with van der Waals surface area (Å²) in [6.45, 7) is 1.99. The average molecular weight is 381 g/mol. The first-order valence-electron chi connectivity index (χ1n) is 8.40. The van der Waals surface area contributed by atoms with E-state index in [1.165, 1.54) is 23.5 Å². The highest BCUT2D eigenvalue weighted by Gasteiger charge is 2.13. The van der Waals surface area contributed by atoms with E-state index in [-0.39, 0.29) is 18.1 Å². The minimum absolute atomic E-state index is 0.178. The number of carbonyl (C=O) groups is 1. The number of nitrogens with zero attached hydrogens (tertiary/aromatic N) is 2. The van der Waals surface area contributed by atoms with Gasteiger partial charge >= 0.3 is 0 Å². The number of nitrogens with one attached hydrogen (secondary N) is 1. The molecular formula is C20H16FN3O2S. The molecule has 7 heteroatoms. The predicted molar refractivity (Wildman–Crippen MR) is 102 cm³/mol. The fraction of sp³-hybridized carbons (Fsp3) is 0.150. The molecule has 27 heavy (non-hydrogen) atoms. The quantitative estimate of drug-likeness (QED) is 0.552. The lowest BCUT2D eigenvalue weighted by Gasteiger charge is -2.00. The molecule has 0 saturated carbocycles. The predicted octanol–water partition coefficient (Wildman–Crippen LogP) is 4.50. The summed E-state index contributed by atoms with van der Waals surface area (Å²) in [5.41, 5.74) is 3.65. The topological polar surface area (TPSA) is 68.0 Å². The molecule has 2 aromatic heterocycles. The van der Waals surface area contributed by atoms with Crippen molar-refractivity contribution < 1.29 is 13.6 Å². The summed E-state index contributed by atoms with van der Waals surface area (Å²) in [5.74, 6) is -0.450. The molecule has 136 valence electrons. The number of aromatic nitrogens is 2. The highest BCUT2D eigenvalue weighted by Crippen LogP contribution is 2.24. The van der Waals surface area contributed by atoms with Gasteiger partial charge in [0.15, 0.2) is 0 Å². The van der Waals surface area contributed by atoms with Crippen LogP contribution in [0.4, 0.5) is 9.52 Å². The maximum atomic E-state index is 13.0. The number of hydrogen-bond donors (Lipinski definition) is 1. The zero-order valence-electron chi connectivity index (χ0n) is 14.5. The SMILES string of the molecule is Cc1ccc2c(CC(=O)Nc3nnc(Cc4ccc(F)cc4)s3)coc2c1. The molecule has 2 heterocycles. The van der Waals surface area contributed by atoms with Crippen LogP contribution in [0.1, 0.15) is 21.7 Å². The van der Waals surface area contributed by atoms with E-state index < -0.39 is 0 Å². The molecule has 4 rings (SSSR count). The van der Waals surface area contributed by atoms with Crippen molar-refractivity contribution in [3.8, 4) is 0 Å². The molecule has 0 fully saturated rings. The van der Waals surface area contributed by atoms with Crippen LogP contribution in [0.15, 0.2) is 53.1 Å². The highest BCUT2D eigenvalue weighted by molar-refractivity contribution is 7.15. The molecule has 0 saturated heterocycles. The van der Waals surface area contributed by atoms with Crippen LogP contribution in [0.3, 0.4) is 0 Å². The molecule has 0 bridgehead atoms. The number of amides is 1. The van der Waals surface area contributed by atoms with Crippen molar-refractivity contribution in [3.63, 3.8) is 0 Å². The van der Waals surface area contributed by atoms with Gasteiger partial charge in [-0.25, -0.2) is 4.39 Å². The van der Waals surface area contributed by atoms with Crippen LogP contribution in [-0.4, -0.2) is 16.1 Å².